The Bertz CT molecular complexity index is 1680. The summed E-state index contributed by atoms with van der Waals surface area (Å²) in [7, 11) is 6.01. The summed E-state index contributed by atoms with van der Waals surface area (Å²) in [6.07, 6.45) is 102. The number of carboxylic acid groups (broad SMARTS) is 1. The molecule has 1 N–H and O–H groups in total. The van der Waals surface area contributed by atoms with Gasteiger partial charge >= 0.3 is 17.9 Å². The molecule has 586 valence electrons. The Labute approximate surface area is 618 Å². The molecule has 9 heteroatoms. The molecule has 0 spiro atoms. The zero-order valence-corrected chi connectivity index (χ0v) is 67.5. The fraction of sp³-hybridized carbons (Fsp3) is 0.922. The number of carbonyl (C=O) groups excluding carboxylic acids is 2. The lowest BCUT2D eigenvalue weighted by Gasteiger charge is -2.25. The molecule has 0 heterocycles. The highest BCUT2D eigenvalue weighted by Crippen LogP contribution is 2.21. The van der Waals surface area contributed by atoms with Crippen molar-refractivity contribution in [3.05, 3.63) is 24.3 Å². The molecule has 0 rings (SSSR count). The standard InChI is InChI=1S/C90H173NO8/c1-6-8-10-12-14-16-18-20-22-24-26-28-30-32-34-36-38-40-41-42-43-44-45-46-47-49-51-53-55-57-59-61-63-65-67-69-71-73-75-77-79-81-88(93)99-86(85-98-90(89(94)95)96-83-82-91(3,4)5)84-97-87(92)80-78-76-74-72-70-68-66-64-62-60-58-56-54-52-50-48-39-37-35-33-31-29-27-25-23-21-19-17-15-13-11-9-7-2/h24-27,86,90H,6-23,28-85H2,1-5H3/p+1/b26-24-,27-25-. The van der Waals surface area contributed by atoms with Gasteiger partial charge in [-0.1, -0.05) is 423 Å². The minimum atomic E-state index is -1.51. The number of carbonyl (C=O) groups is 3. The SMILES string of the molecule is CCCCCCCCCC/C=C\CCCCCCCCCCCCCCCCCCCCCCCCCCCCCCCC(=O)OC(COC(=O)CCCCCCCCCCCCCCCCCCCCCCC/C=C\CCCCCCCCCC)COC(OCC[N+](C)(C)C)C(=O)O. The second-order valence-electron chi connectivity index (χ2n) is 31.9. The van der Waals surface area contributed by atoms with Gasteiger partial charge in [0.1, 0.15) is 13.2 Å². The van der Waals surface area contributed by atoms with E-state index in [4.69, 9.17) is 18.9 Å². The summed E-state index contributed by atoms with van der Waals surface area (Å²) in [6.45, 7) is 4.97. The minimum absolute atomic E-state index is 0.173. The lowest BCUT2D eigenvalue weighted by molar-refractivity contribution is -0.870. The van der Waals surface area contributed by atoms with Crippen LogP contribution in [0.15, 0.2) is 24.3 Å². The number of allylic oxidation sites excluding steroid dienone is 4. The monoisotopic (exact) mass is 1400 g/mol. The topological polar surface area (TPSA) is 108 Å². The van der Waals surface area contributed by atoms with Crippen LogP contribution in [0.25, 0.3) is 0 Å². The molecule has 0 aromatic rings. The molecule has 0 aromatic heterocycles. The average molecular weight is 1400 g/mol. The number of quaternary nitrogens is 1. The number of rotatable bonds is 85. The van der Waals surface area contributed by atoms with Crippen LogP contribution in [0.5, 0.6) is 0 Å². The predicted octanol–water partition coefficient (Wildman–Crippen LogP) is 28.8. The second-order valence-corrected chi connectivity index (χ2v) is 31.9. The highest BCUT2D eigenvalue weighted by atomic mass is 16.7. The van der Waals surface area contributed by atoms with Crippen LogP contribution >= 0.6 is 0 Å². The molecule has 0 radical (unpaired) electrons. The first-order valence-corrected chi connectivity index (χ1v) is 44.5. The predicted molar refractivity (Wildman–Crippen MR) is 429 cm³/mol. The van der Waals surface area contributed by atoms with Gasteiger partial charge in [-0.25, -0.2) is 4.79 Å². The number of likely N-dealkylation sites (N-methyl/N-ethyl adjacent to an activating group) is 1. The zero-order chi connectivity index (χ0) is 71.8. The smallest absolute Gasteiger partial charge is 0.361 e. The van der Waals surface area contributed by atoms with Crippen LogP contribution in [0.1, 0.15) is 476 Å². The molecule has 9 nitrogen and oxygen atoms in total. The van der Waals surface area contributed by atoms with E-state index in [9.17, 15) is 19.5 Å². The maximum Gasteiger partial charge on any atom is 0.361 e. The Hall–Kier alpha value is -2.23. The van der Waals surface area contributed by atoms with E-state index in [1.165, 1.54) is 411 Å². The van der Waals surface area contributed by atoms with Gasteiger partial charge in [0.15, 0.2) is 6.10 Å². The van der Waals surface area contributed by atoms with E-state index in [-0.39, 0.29) is 38.2 Å². The van der Waals surface area contributed by atoms with Crippen molar-refractivity contribution >= 4 is 17.9 Å². The van der Waals surface area contributed by atoms with Gasteiger partial charge in [-0.05, 0) is 64.2 Å². The first-order chi connectivity index (χ1) is 48.6. The summed E-state index contributed by atoms with van der Waals surface area (Å²) in [5, 5.41) is 9.79. The van der Waals surface area contributed by atoms with E-state index in [2.05, 4.69) is 38.2 Å². The van der Waals surface area contributed by atoms with Crippen molar-refractivity contribution < 1.29 is 42.9 Å². The number of hydrogen-bond donors (Lipinski definition) is 1. The first kappa shape index (κ1) is 96.8. The summed E-state index contributed by atoms with van der Waals surface area (Å²) in [5.41, 5.74) is 0. The molecular weight excluding hydrogens is 1220 g/mol. The molecule has 0 bridgehead atoms. The number of carboxylic acids is 1. The molecule has 99 heavy (non-hydrogen) atoms. The van der Waals surface area contributed by atoms with Crippen LogP contribution < -0.4 is 0 Å². The third-order valence-corrected chi connectivity index (χ3v) is 20.7. The number of ether oxygens (including phenoxy) is 4. The highest BCUT2D eigenvalue weighted by molar-refractivity contribution is 5.71. The molecule has 2 atom stereocenters. The average Bonchev–Trinajstić information content (AvgIpc) is 2.62. The van der Waals surface area contributed by atoms with Crippen molar-refractivity contribution in [1.29, 1.82) is 0 Å². The summed E-state index contributed by atoms with van der Waals surface area (Å²) < 4.78 is 23.1. The van der Waals surface area contributed by atoms with E-state index in [1.54, 1.807) is 0 Å². The Morgan fingerprint density at radius 1 is 0.293 bits per heavy atom. The molecule has 0 aliphatic carbocycles. The summed E-state index contributed by atoms with van der Waals surface area (Å²) >= 11 is 0. The van der Waals surface area contributed by atoms with Gasteiger partial charge in [-0.3, -0.25) is 9.59 Å². The van der Waals surface area contributed by atoms with Crippen LogP contribution in [0.4, 0.5) is 0 Å². The lowest BCUT2D eigenvalue weighted by atomic mass is 10.0. The van der Waals surface area contributed by atoms with Crippen LogP contribution in [0, 0.1) is 0 Å². The fourth-order valence-corrected chi connectivity index (χ4v) is 13.9. The largest absolute Gasteiger partial charge is 0.477 e. The third-order valence-electron chi connectivity index (χ3n) is 20.7. The molecule has 2 unspecified atom stereocenters. The summed E-state index contributed by atoms with van der Waals surface area (Å²) in [5.74, 6) is -1.96. The van der Waals surface area contributed by atoms with E-state index < -0.39 is 18.4 Å². The molecule has 0 amide bonds. The van der Waals surface area contributed by atoms with Gasteiger partial charge in [0, 0.05) is 12.8 Å². The van der Waals surface area contributed by atoms with Gasteiger partial charge in [0.2, 0.25) is 0 Å². The van der Waals surface area contributed by atoms with E-state index in [0.717, 1.165) is 38.5 Å². The Morgan fingerprint density at radius 3 is 0.747 bits per heavy atom. The van der Waals surface area contributed by atoms with Crippen molar-refractivity contribution in [3.8, 4) is 0 Å². The molecule has 0 saturated carbocycles. The van der Waals surface area contributed by atoms with Gasteiger partial charge in [0.05, 0.1) is 34.4 Å². The van der Waals surface area contributed by atoms with Gasteiger partial charge < -0.3 is 28.5 Å². The Morgan fingerprint density at radius 2 is 0.515 bits per heavy atom. The van der Waals surface area contributed by atoms with Crippen LogP contribution in [-0.4, -0.2) is 87.4 Å². The van der Waals surface area contributed by atoms with Crippen LogP contribution in [-0.2, 0) is 33.3 Å². The molecule has 0 aliphatic rings. The van der Waals surface area contributed by atoms with Crippen LogP contribution in [0.2, 0.25) is 0 Å². The first-order valence-electron chi connectivity index (χ1n) is 44.5. The van der Waals surface area contributed by atoms with Crippen molar-refractivity contribution in [2.45, 2.75) is 489 Å². The normalized spacial score (nSPS) is 12.6. The maximum absolute atomic E-state index is 13.0. The molecule has 0 saturated heterocycles. The molecular formula is C90H174NO8+. The van der Waals surface area contributed by atoms with Crippen LogP contribution in [0.3, 0.4) is 0 Å². The Balaban J connectivity index is 3.89. The lowest BCUT2D eigenvalue weighted by Crippen LogP contribution is -2.40. The summed E-state index contributed by atoms with van der Waals surface area (Å²) in [4.78, 5) is 37.8. The minimum Gasteiger partial charge on any atom is -0.477 e. The Kier molecular flexibility index (Phi) is 79.6. The number of esters is 2. The van der Waals surface area contributed by atoms with E-state index in [1.807, 2.05) is 21.1 Å². The number of hydrogen-bond acceptors (Lipinski definition) is 7. The number of nitrogens with zero attached hydrogens (tertiary/aromatic N) is 1. The highest BCUT2D eigenvalue weighted by Gasteiger charge is 2.25. The molecule has 0 aliphatic heterocycles. The third kappa shape index (κ3) is 82.9. The number of aliphatic carboxylic acids is 1. The second kappa shape index (κ2) is 81.4. The summed E-state index contributed by atoms with van der Waals surface area (Å²) in [6, 6.07) is 0. The zero-order valence-electron chi connectivity index (χ0n) is 67.5. The van der Waals surface area contributed by atoms with E-state index >= 15 is 0 Å². The van der Waals surface area contributed by atoms with Crippen molar-refractivity contribution in [2.75, 3.05) is 47.5 Å². The maximum atomic E-state index is 13.0. The molecule has 0 aromatic carbocycles. The van der Waals surface area contributed by atoms with Crippen molar-refractivity contribution in [2.24, 2.45) is 0 Å². The van der Waals surface area contributed by atoms with Crippen molar-refractivity contribution in [3.63, 3.8) is 0 Å². The number of unbranched alkanes of at least 4 members (excludes halogenated alkanes) is 66. The van der Waals surface area contributed by atoms with Gasteiger partial charge in [-0.2, -0.15) is 0 Å². The van der Waals surface area contributed by atoms with Gasteiger partial charge in [0.25, 0.3) is 6.29 Å². The molecule has 0 fully saturated rings. The fourth-order valence-electron chi connectivity index (χ4n) is 13.9. The van der Waals surface area contributed by atoms with Gasteiger partial charge in [-0.15, -0.1) is 0 Å². The van der Waals surface area contributed by atoms with E-state index in [0.29, 0.717) is 17.4 Å². The quantitative estimate of drug-likeness (QED) is 0.0211. The van der Waals surface area contributed by atoms with Crippen molar-refractivity contribution in [1.82, 2.24) is 0 Å².